The lowest BCUT2D eigenvalue weighted by molar-refractivity contribution is 0.136. The molecule has 1 N–H and O–H groups in total. The highest BCUT2D eigenvalue weighted by Gasteiger charge is 2.16. The molecule has 3 aromatic carbocycles. The lowest BCUT2D eigenvalue weighted by Crippen LogP contribution is -2.28. The third kappa shape index (κ3) is 5.05. The summed E-state index contributed by atoms with van der Waals surface area (Å²) in [4.78, 5) is 12.3. The Labute approximate surface area is 172 Å². The van der Waals surface area contributed by atoms with E-state index in [2.05, 4.69) is 47.8 Å². The normalized spacial score (nSPS) is 14.0. The first-order valence-electron chi connectivity index (χ1n) is 10.3. The van der Waals surface area contributed by atoms with Crippen molar-refractivity contribution < 1.29 is 9.53 Å². The molecular formula is C26H27NO2. The zero-order valence-electron chi connectivity index (χ0n) is 16.9. The number of aryl methyl sites for hydroxylation is 4. The van der Waals surface area contributed by atoms with Gasteiger partial charge in [0.2, 0.25) is 0 Å². The molecule has 4 aliphatic carbocycles. The summed E-state index contributed by atoms with van der Waals surface area (Å²) >= 11 is 0. The van der Waals surface area contributed by atoms with Crippen LogP contribution in [0.2, 0.25) is 0 Å². The number of rotatable bonds is 4. The van der Waals surface area contributed by atoms with Crippen LogP contribution in [0.25, 0.3) is 0 Å². The molecule has 0 radical (unpaired) electrons. The molecule has 1 amide bonds. The third-order valence-corrected chi connectivity index (χ3v) is 5.63. The molecular weight excluding hydrogens is 358 g/mol. The minimum Gasteiger partial charge on any atom is -0.445 e. The quantitative estimate of drug-likeness (QED) is 0.639. The first-order valence-corrected chi connectivity index (χ1v) is 10.3. The molecule has 1 atom stereocenters. The summed E-state index contributed by atoms with van der Waals surface area (Å²) in [7, 11) is 0. The first kappa shape index (κ1) is 19.3. The first-order chi connectivity index (χ1) is 14.2. The highest BCUT2D eigenvalue weighted by atomic mass is 16.5. The molecule has 0 aromatic heterocycles. The van der Waals surface area contributed by atoms with E-state index >= 15 is 0 Å². The molecule has 0 heterocycles. The molecule has 0 saturated heterocycles. The highest BCUT2D eigenvalue weighted by Crippen LogP contribution is 2.24. The van der Waals surface area contributed by atoms with Crippen LogP contribution in [0.15, 0.2) is 72.8 Å². The van der Waals surface area contributed by atoms with Crippen molar-refractivity contribution in [3.05, 3.63) is 106 Å². The van der Waals surface area contributed by atoms with Crippen molar-refractivity contribution in [1.29, 1.82) is 0 Å². The SMILES string of the molecule is C[C@@H](NC(=O)OCc1ccccc1)c1cc2ccc1CCc1ccc(cc1)CC2. The van der Waals surface area contributed by atoms with Gasteiger partial charge in [-0.1, -0.05) is 72.8 Å². The summed E-state index contributed by atoms with van der Waals surface area (Å²) in [6.45, 7) is 2.31. The summed E-state index contributed by atoms with van der Waals surface area (Å²) in [6.07, 6.45) is 3.60. The summed E-state index contributed by atoms with van der Waals surface area (Å²) in [5.74, 6) is 0. The van der Waals surface area contributed by atoms with E-state index in [1.807, 2.05) is 37.3 Å². The van der Waals surface area contributed by atoms with E-state index in [4.69, 9.17) is 4.74 Å². The second-order valence-electron chi connectivity index (χ2n) is 7.78. The molecule has 4 aliphatic rings. The van der Waals surface area contributed by atoms with E-state index in [9.17, 15) is 4.79 Å². The van der Waals surface area contributed by atoms with Gasteiger partial charge in [-0.15, -0.1) is 0 Å². The molecule has 29 heavy (non-hydrogen) atoms. The molecule has 3 nitrogen and oxygen atoms in total. The number of hydrogen-bond donors (Lipinski definition) is 1. The predicted molar refractivity (Wildman–Crippen MR) is 116 cm³/mol. The Balaban J connectivity index is 1.46. The van der Waals surface area contributed by atoms with Crippen LogP contribution in [0.4, 0.5) is 4.79 Å². The van der Waals surface area contributed by atoms with Crippen molar-refractivity contribution in [3.63, 3.8) is 0 Å². The van der Waals surface area contributed by atoms with Crippen LogP contribution in [0.1, 0.15) is 46.3 Å². The van der Waals surface area contributed by atoms with Crippen LogP contribution < -0.4 is 5.32 Å². The van der Waals surface area contributed by atoms with E-state index in [-0.39, 0.29) is 18.7 Å². The maximum Gasteiger partial charge on any atom is 0.407 e. The van der Waals surface area contributed by atoms with Gasteiger partial charge in [0.15, 0.2) is 0 Å². The van der Waals surface area contributed by atoms with Crippen LogP contribution in [0.3, 0.4) is 0 Å². The van der Waals surface area contributed by atoms with Crippen LogP contribution in [-0.4, -0.2) is 6.09 Å². The van der Waals surface area contributed by atoms with Gasteiger partial charge < -0.3 is 10.1 Å². The van der Waals surface area contributed by atoms with Gasteiger partial charge in [0, 0.05) is 0 Å². The molecule has 0 saturated carbocycles. The van der Waals surface area contributed by atoms with Crippen LogP contribution in [-0.2, 0) is 37.0 Å². The average Bonchev–Trinajstić information content (AvgIpc) is 2.75. The molecule has 3 aromatic rings. The summed E-state index contributed by atoms with van der Waals surface area (Å²) in [5.41, 5.74) is 7.49. The van der Waals surface area contributed by atoms with Crippen molar-refractivity contribution in [2.75, 3.05) is 0 Å². The predicted octanol–water partition coefficient (Wildman–Crippen LogP) is 5.56. The van der Waals surface area contributed by atoms with Gasteiger partial charge in [-0.25, -0.2) is 4.79 Å². The Morgan fingerprint density at radius 1 is 0.862 bits per heavy atom. The Morgan fingerprint density at radius 2 is 1.48 bits per heavy atom. The van der Waals surface area contributed by atoms with E-state index in [0.717, 1.165) is 31.2 Å². The second kappa shape index (κ2) is 8.95. The van der Waals surface area contributed by atoms with Gasteiger partial charge in [-0.3, -0.25) is 0 Å². The Kier molecular flexibility index (Phi) is 5.95. The fourth-order valence-corrected chi connectivity index (χ4v) is 3.89. The van der Waals surface area contributed by atoms with E-state index in [0.29, 0.717) is 0 Å². The fourth-order valence-electron chi connectivity index (χ4n) is 3.89. The summed E-state index contributed by atoms with van der Waals surface area (Å²) in [6, 6.07) is 25.3. The minimum atomic E-state index is -0.381. The number of ether oxygens (including phenoxy) is 1. The van der Waals surface area contributed by atoms with Crippen molar-refractivity contribution in [3.8, 4) is 0 Å². The maximum atomic E-state index is 12.3. The van der Waals surface area contributed by atoms with Crippen molar-refractivity contribution in [2.24, 2.45) is 0 Å². The zero-order valence-corrected chi connectivity index (χ0v) is 16.9. The Hall–Kier alpha value is -3.07. The average molecular weight is 386 g/mol. The van der Waals surface area contributed by atoms with E-state index in [1.165, 1.54) is 27.8 Å². The topological polar surface area (TPSA) is 38.3 Å². The number of alkyl carbamates (subject to hydrolysis) is 1. The molecule has 0 spiro atoms. The van der Waals surface area contributed by atoms with Crippen molar-refractivity contribution in [1.82, 2.24) is 5.32 Å². The number of benzene rings is 3. The van der Waals surface area contributed by atoms with Crippen molar-refractivity contribution in [2.45, 2.75) is 45.3 Å². The molecule has 148 valence electrons. The maximum absolute atomic E-state index is 12.3. The molecule has 0 fully saturated rings. The number of carbonyl (C=O) groups is 1. The monoisotopic (exact) mass is 385 g/mol. The van der Waals surface area contributed by atoms with Gasteiger partial charge in [-0.05, 0) is 66.0 Å². The number of carbonyl (C=O) groups excluding carboxylic acids is 1. The molecule has 4 bridgehead atoms. The number of amides is 1. The molecule has 0 aliphatic heterocycles. The van der Waals surface area contributed by atoms with Gasteiger partial charge in [-0.2, -0.15) is 0 Å². The zero-order chi connectivity index (χ0) is 20.1. The lowest BCUT2D eigenvalue weighted by atomic mass is 9.91. The van der Waals surface area contributed by atoms with Gasteiger partial charge in [0.1, 0.15) is 6.61 Å². The largest absolute Gasteiger partial charge is 0.445 e. The summed E-state index contributed by atoms with van der Waals surface area (Å²) < 4.78 is 5.41. The van der Waals surface area contributed by atoms with E-state index < -0.39 is 0 Å². The highest BCUT2D eigenvalue weighted by molar-refractivity contribution is 5.68. The molecule has 3 heteroatoms. The Morgan fingerprint density at radius 3 is 2.21 bits per heavy atom. The lowest BCUT2D eigenvalue weighted by Gasteiger charge is -2.20. The Bertz CT molecular complexity index is 964. The van der Waals surface area contributed by atoms with Gasteiger partial charge in [0.25, 0.3) is 0 Å². The second-order valence-corrected chi connectivity index (χ2v) is 7.78. The molecule has 7 rings (SSSR count). The number of nitrogens with one attached hydrogen (secondary N) is 1. The standard InChI is InChI=1S/C26H27NO2/c1-19(27-26(28)29-18-23-5-3-2-4-6-23)25-17-22-12-11-20-7-9-21(10-8-20)13-15-24(25)16-14-22/h2-10,14,16-17,19H,11-13,15,18H2,1H3,(H,27,28)/t19-/m1/s1. The third-order valence-electron chi connectivity index (χ3n) is 5.63. The van der Waals surface area contributed by atoms with Gasteiger partial charge >= 0.3 is 6.09 Å². The van der Waals surface area contributed by atoms with Crippen LogP contribution in [0, 0.1) is 0 Å². The van der Waals surface area contributed by atoms with Crippen LogP contribution >= 0.6 is 0 Å². The summed E-state index contributed by atoms with van der Waals surface area (Å²) in [5, 5.41) is 3.01. The fraction of sp³-hybridized carbons (Fsp3) is 0.269. The minimum absolute atomic E-state index is 0.0999. The van der Waals surface area contributed by atoms with Crippen molar-refractivity contribution >= 4 is 6.09 Å². The van der Waals surface area contributed by atoms with E-state index in [1.54, 1.807) is 0 Å². The molecule has 0 unspecified atom stereocenters. The van der Waals surface area contributed by atoms with Gasteiger partial charge in [0.05, 0.1) is 6.04 Å². The number of hydrogen-bond acceptors (Lipinski definition) is 2. The smallest absolute Gasteiger partial charge is 0.407 e. The van der Waals surface area contributed by atoms with Crippen LogP contribution in [0.5, 0.6) is 0 Å².